The Hall–Kier alpha value is -2.37. The third-order valence-corrected chi connectivity index (χ3v) is 2.52. The molecule has 0 fully saturated rings. The summed E-state index contributed by atoms with van der Waals surface area (Å²) in [4.78, 5) is 34.6. The highest BCUT2D eigenvalue weighted by molar-refractivity contribution is 6.38. The summed E-state index contributed by atoms with van der Waals surface area (Å²) in [6, 6.07) is 5.70. The maximum atomic E-state index is 11.5. The largest absolute Gasteiger partial charge is 0.495 e. The normalized spacial score (nSPS) is 11.4. The van der Waals surface area contributed by atoms with E-state index in [1.807, 2.05) is 0 Å². The molecule has 1 atom stereocenters. The number of amides is 2. The van der Waals surface area contributed by atoms with Crippen molar-refractivity contribution in [1.29, 1.82) is 0 Å². The molecule has 18 heavy (non-hydrogen) atoms. The Morgan fingerprint density at radius 2 is 2.00 bits per heavy atom. The number of Topliss-reactive ketones (excluding diaryl/α,β-unsaturated/α-hetero) is 1. The Kier molecular flexibility index (Phi) is 4.42. The highest BCUT2D eigenvalue weighted by atomic mass is 16.5. The molecule has 0 saturated heterocycles. The number of hydrogen-bond donors (Lipinski definition) is 1. The number of benzene rings is 1. The lowest BCUT2D eigenvalue weighted by molar-refractivity contribution is -0.136. The van der Waals surface area contributed by atoms with Gasteiger partial charge in [0.25, 0.3) is 5.91 Å². The second-order valence-corrected chi connectivity index (χ2v) is 3.59. The monoisotopic (exact) mass is 250 g/mol. The number of ether oxygens (including phenoxy) is 1. The zero-order valence-corrected chi connectivity index (χ0v) is 10.1. The molecule has 0 aliphatic heterocycles. The molecule has 6 nitrogen and oxygen atoms in total. The van der Waals surface area contributed by atoms with Gasteiger partial charge in [0.05, 0.1) is 12.8 Å². The number of methoxy groups -OCH3 is 1. The quantitative estimate of drug-likeness (QED) is 0.572. The molecular weight excluding hydrogens is 236 g/mol. The summed E-state index contributed by atoms with van der Waals surface area (Å²) in [6.07, 6.45) is 0.462. The van der Waals surface area contributed by atoms with E-state index in [2.05, 4.69) is 0 Å². The van der Waals surface area contributed by atoms with Crippen LogP contribution in [0.15, 0.2) is 24.3 Å². The van der Waals surface area contributed by atoms with E-state index in [1.54, 1.807) is 24.3 Å². The van der Waals surface area contributed by atoms with Crippen molar-refractivity contribution < 1.29 is 19.1 Å². The van der Waals surface area contributed by atoms with Crippen LogP contribution in [0.2, 0.25) is 0 Å². The Labute approximate surface area is 104 Å². The zero-order valence-electron chi connectivity index (χ0n) is 10.1. The molecule has 0 radical (unpaired) electrons. The topological polar surface area (TPSA) is 89.7 Å². The molecule has 0 spiro atoms. The van der Waals surface area contributed by atoms with Crippen LogP contribution < -0.4 is 15.4 Å². The van der Waals surface area contributed by atoms with E-state index in [-0.39, 0.29) is 0 Å². The third-order valence-electron chi connectivity index (χ3n) is 2.52. The van der Waals surface area contributed by atoms with Crippen LogP contribution in [-0.4, -0.2) is 31.3 Å². The predicted octanol–water partition coefficient (Wildman–Crippen LogP) is 0.101. The number of ketones is 1. The van der Waals surface area contributed by atoms with Crippen molar-refractivity contribution in [3.63, 3.8) is 0 Å². The van der Waals surface area contributed by atoms with Gasteiger partial charge in [-0.3, -0.25) is 14.4 Å². The minimum atomic E-state index is -1.08. The highest BCUT2D eigenvalue weighted by Gasteiger charge is 2.26. The molecule has 1 unspecified atom stereocenters. The van der Waals surface area contributed by atoms with Gasteiger partial charge in [0.1, 0.15) is 11.8 Å². The van der Waals surface area contributed by atoms with Gasteiger partial charge in [0.2, 0.25) is 12.2 Å². The smallest absolute Gasteiger partial charge is 0.287 e. The van der Waals surface area contributed by atoms with Gasteiger partial charge in [-0.25, -0.2) is 0 Å². The summed E-state index contributed by atoms with van der Waals surface area (Å²) in [7, 11) is 1.45. The number of anilines is 1. The average molecular weight is 250 g/mol. The van der Waals surface area contributed by atoms with Crippen molar-refractivity contribution in [2.75, 3.05) is 12.0 Å². The molecule has 0 saturated carbocycles. The Morgan fingerprint density at radius 3 is 2.50 bits per heavy atom. The number of carbonyl (C=O) groups is 3. The van der Waals surface area contributed by atoms with Crippen molar-refractivity contribution in [2.24, 2.45) is 5.73 Å². The van der Waals surface area contributed by atoms with Crippen LogP contribution in [0.4, 0.5) is 5.69 Å². The first-order valence-corrected chi connectivity index (χ1v) is 5.23. The fourth-order valence-electron chi connectivity index (χ4n) is 1.53. The molecule has 96 valence electrons. The molecule has 0 aromatic heterocycles. The van der Waals surface area contributed by atoms with Gasteiger partial charge < -0.3 is 15.4 Å². The highest BCUT2D eigenvalue weighted by Crippen LogP contribution is 2.28. The summed E-state index contributed by atoms with van der Waals surface area (Å²) >= 11 is 0. The van der Waals surface area contributed by atoms with Crippen molar-refractivity contribution in [2.45, 2.75) is 13.0 Å². The number of primary amides is 1. The lowest BCUT2D eigenvalue weighted by Gasteiger charge is -2.24. The van der Waals surface area contributed by atoms with E-state index < -0.39 is 17.7 Å². The third kappa shape index (κ3) is 2.65. The number of para-hydroxylation sites is 2. The van der Waals surface area contributed by atoms with Gasteiger partial charge >= 0.3 is 0 Å². The number of rotatable bonds is 6. The van der Waals surface area contributed by atoms with E-state index in [0.717, 1.165) is 4.90 Å². The number of nitrogens with zero attached hydrogens (tertiary/aromatic N) is 1. The van der Waals surface area contributed by atoms with E-state index in [1.165, 1.54) is 14.0 Å². The van der Waals surface area contributed by atoms with Crippen molar-refractivity contribution >= 4 is 23.8 Å². The van der Waals surface area contributed by atoms with Gasteiger partial charge in [-0.2, -0.15) is 0 Å². The average Bonchev–Trinajstić information content (AvgIpc) is 2.38. The fraction of sp³-hybridized carbons (Fsp3) is 0.250. The number of carbonyl (C=O) groups excluding carboxylic acids is 3. The molecule has 2 N–H and O–H groups in total. The zero-order chi connectivity index (χ0) is 13.7. The van der Waals surface area contributed by atoms with Crippen LogP contribution in [0.5, 0.6) is 5.75 Å². The first-order valence-electron chi connectivity index (χ1n) is 5.23. The van der Waals surface area contributed by atoms with Crippen LogP contribution >= 0.6 is 0 Å². The molecule has 1 aromatic rings. The van der Waals surface area contributed by atoms with Crippen molar-refractivity contribution in [1.82, 2.24) is 0 Å². The van der Waals surface area contributed by atoms with Crippen LogP contribution in [-0.2, 0) is 14.4 Å². The van der Waals surface area contributed by atoms with E-state index >= 15 is 0 Å². The van der Waals surface area contributed by atoms with Gasteiger partial charge in [0, 0.05) is 0 Å². The van der Waals surface area contributed by atoms with Crippen molar-refractivity contribution in [3.8, 4) is 5.75 Å². The molecule has 0 aliphatic carbocycles. The molecule has 1 aromatic carbocycles. The Morgan fingerprint density at radius 1 is 1.39 bits per heavy atom. The van der Waals surface area contributed by atoms with Crippen LogP contribution in [0, 0.1) is 0 Å². The minimum Gasteiger partial charge on any atom is -0.495 e. The van der Waals surface area contributed by atoms with Crippen molar-refractivity contribution in [3.05, 3.63) is 24.3 Å². The second kappa shape index (κ2) is 5.81. The molecular formula is C12H14N2O4. The van der Waals surface area contributed by atoms with Crippen LogP contribution in [0.25, 0.3) is 0 Å². The molecule has 2 amide bonds. The SMILES string of the molecule is COc1ccccc1N(C=O)C(C)C(=O)C(N)=O. The van der Waals surface area contributed by atoms with Crippen LogP contribution in [0.3, 0.4) is 0 Å². The molecule has 0 heterocycles. The molecule has 0 aliphatic rings. The summed E-state index contributed by atoms with van der Waals surface area (Å²) in [6.45, 7) is 1.42. The van der Waals surface area contributed by atoms with E-state index in [0.29, 0.717) is 17.8 Å². The standard InChI is InChI=1S/C12H14N2O4/c1-8(11(16)12(13)17)14(7-15)9-5-3-4-6-10(9)18-2/h3-8H,1-2H3,(H2,13,17). The first kappa shape index (κ1) is 13.7. The Bertz CT molecular complexity index is 473. The second-order valence-electron chi connectivity index (χ2n) is 3.59. The van der Waals surface area contributed by atoms with Gasteiger partial charge in [-0.1, -0.05) is 12.1 Å². The Balaban J connectivity index is 3.13. The summed E-state index contributed by atoms with van der Waals surface area (Å²) in [5.74, 6) is -1.49. The molecule has 1 rings (SSSR count). The lowest BCUT2D eigenvalue weighted by atomic mass is 10.1. The van der Waals surface area contributed by atoms with E-state index in [4.69, 9.17) is 10.5 Å². The van der Waals surface area contributed by atoms with Gasteiger partial charge in [-0.05, 0) is 19.1 Å². The lowest BCUT2D eigenvalue weighted by Crippen LogP contribution is -2.44. The maximum absolute atomic E-state index is 11.5. The predicted molar refractivity (Wildman–Crippen MR) is 65.2 cm³/mol. The fourth-order valence-corrected chi connectivity index (χ4v) is 1.53. The molecule has 6 heteroatoms. The summed E-state index contributed by atoms with van der Waals surface area (Å²) in [5, 5.41) is 0. The van der Waals surface area contributed by atoms with Crippen LogP contribution in [0.1, 0.15) is 6.92 Å². The minimum absolute atomic E-state index is 0.400. The maximum Gasteiger partial charge on any atom is 0.287 e. The van der Waals surface area contributed by atoms with Gasteiger partial charge in [0.15, 0.2) is 0 Å². The van der Waals surface area contributed by atoms with E-state index in [9.17, 15) is 14.4 Å². The molecule has 0 bridgehead atoms. The summed E-state index contributed by atoms with van der Waals surface area (Å²) < 4.78 is 5.09. The number of hydrogen-bond acceptors (Lipinski definition) is 4. The van der Waals surface area contributed by atoms with Gasteiger partial charge in [-0.15, -0.1) is 0 Å². The number of nitrogens with two attached hydrogens (primary N) is 1. The summed E-state index contributed by atoms with van der Waals surface area (Å²) in [5.41, 5.74) is 5.32. The first-order chi connectivity index (χ1) is 8.52.